The van der Waals surface area contributed by atoms with Crippen LogP contribution >= 0.6 is 0 Å². The first-order chi connectivity index (χ1) is 10.0. The molecule has 1 aromatic rings. The SMILES string of the molecule is CCCC(C)CN1C(=O)C(C)NC(=O)C1c1ccccc1. The summed E-state index contributed by atoms with van der Waals surface area (Å²) < 4.78 is 0. The molecular formula is C17H24N2O2. The number of amides is 2. The van der Waals surface area contributed by atoms with Gasteiger partial charge in [0, 0.05) is 6.54 Å². The molecule has 3 unspecified atom stereocenters. The van der Waals surface area contributed by atoms with Crippen LogP contribution in [0.3, 0.4) is 0 Å². The molecule has 2 amide bonds. The van der Waals surface area contributed by atoms with Crippen LogP contribution < -0.4 is 5.32 Å². The summed E-state index contributed by atoms with van der Waals surface area (Å²) >= 11 is 0. The number of piperazine rings is 1. The Labute approximate surface area is 126 Å². The zero-order valence-electron chi connectivity index (χ0n) is 13.0. The van der Waals surface area contributed by atoms with E-state index < -0.39 is 12.1 Å². The van der Waals surface area contributed by atoms with E-state index in [1.807, 2.05) is 30.3 Å². The van der Waals surface area contributed by atoms with Crippen molar-refractivity contribution in [3.63, 3.8) is 0 Å². The van der Waals surface area contributed by atoms with Gasteiger partial charge in [-0.2, -0.15) is 0 Å². The first kappa shape index (κ1) is 15.5. The fourth-order valence-electron chi connectivity index (χ4n) is 2.95. The van der Waals surface area contributed by atoms with Crippen LogP contribution in [0.15, 0.2) is 30.3 Å². The molecule has 114 valence electrons. The summed E-state index contributed by atoms with van der Waals surface area (Å²) in [5.41, 5.74) is 0.874. The summed E-state index contributed by atoms with van der Waals surface area (Å²) in [7, 11) is 0. The van der Waals surface area contributed by atoms with Gasteiger partial charge in [0.15, 0.2) is 0 Å². The molecule has 4 heteroatoms. The largest absolute Gasteiger partial charge is 0.342 e. The minimum Gasteiger partial charge on any atom is -0.342 e. The van der Waals surface area contributed by atoms with Crippen molar-refractivity contribution in [2.45, 2.75) is 45.7 Å². The van der Waals surface area contributed by atoms with Gasteiger partial charge in [0.05, 0.1) is 0 Å². The minimum absolute atomic E-state index is 0.00593. The maximum absolute atomic E-state index is 12.5. The van der Waals surface area contributed by atoms with Gasteiger partial charge < -0.3 is 10.2 Å². The number of benzene rings is 1. The number of nitrogens with one attached hydrogen (secondary N) is 1. The third-order valence-electron chi connectivity index (χ3n) is 3.98. The molecule has 2 rings (SSSR count). The summed E-state index contributed by atoms with van der Waals surface area (Å²) in [4.78, 5) is 26.7. The molecule has 1 aliphatic rings. The first-order valence-electron chi connectivity index (χ1n) is 7.70. The van der Waals surface area contributed by atoms with Gasteiger partial charge in [0.2, 0.25) is 11.8 Å². The van der Waals surface area contributed by atoms with Crippen LogP contribution in [-0.4, -0.2) is 29.3 Å². The lowest BCUT2D eigenvalue weighted by Crippen LogP contribution is -2.59. The molecule has 1 aliphatic heterocycles. The van der Waals surface area contributed by atoms with Gasteiger partial charge in [0.1, 0.15) is 12.1 Å². The van der Waals surface area contributed by atoms with Crippen molar-refractivity contribution in [1.82, 2.24) is 10.2 Å². The Morgan fingerprint density at radius 3 is 2.52 bits per heavy atom. The average Bonchev–Trinajstić information content (AvgIpc) is 2.46. The number of nitrogens with zero attached hydrogens (tertiary/aromatic N) is 1. The van der Waals surface area contributed by atoms with Crippen molar-refractivity contribution < 1.29 is 9.59 Å². The van der Waals surface area contributed by atoms with Gasteiger partial charge in [-0.25, -0.2) is 0 Å². The standard InChI is InChI=1S/C17H24N2O2/c1-4-8-12(2)11-19-15(14-9-6-5-7-10-14)16(20)18-13(3)17(19)21/h5-7,9-10,12-13,15H,4,8,11H2,1-3H3,(H,18,20). The smallest absolute Gasteiger partial charge is 0.248 e. The Morgan fingerprint density at radius 1 is 1.24 bits per heavy atom. The Bertz CT molecular complexity index is 501. The lowest BCUT2D eigenvalue weighted by molar-refractivity contribution is -0.149. The molecular weight excluding hydrogens is 264 g/mol. The van der Waals surface area contributed by atoms with Crippen LogP contribution in [0, 0.1) is 5.92 Å². The Balaban J connectivity index is 2.28. The lowest BCUT2D eigenvalue weighted by Gasteiger charge is -2.39. The predicted octanol–water partition coefficient (Wildman–Crippen LogP) is 2.51. The highest BCUT2D eigenvalue weighted by atomic mass is 16.2. The number of carbonyl (C=O) groups excluding carboxylic acids is 2. The first-order valence-corrected chi connectivity index (χ1v) is 7.70. The zero-order chi connectivity index (χ0) is 15.4. The van der Waals surface area contributed by atoms with Crippen molar-refractivity contribution in [2.24, 2.45) is 5.92 Å². The topological polar surface area (TPSA) is 49.4 Å². The van der Waals surface area contributed by atoms with E-state index in [4.69, 9.17) is 0 Å². The average molecular weight is 288 g/mol. The van der Waals surface area contributed by atoms with E-state index in [-0.39, 0.29) is 11.8 Å². The van der Waals surface area contributed by atoms with E-state index in [0.29, 0.717) is 12.5 Å². The summed E-state index contributed by atoms with van der Waals surface area (Å²) in [6.45, 7) is 6.65. The predicted molar refractivity (Wildman–Crippen MR) is 82.6 cm³/mol. The normalized spacial score (nSPS) is 23.9. The van der Waals surface area contributed by atoms with Crippen LogP contribution in [0.1, 0.15) is 45.2 Å². The van der Waals surface area contributed by atoms with Gasteiger partial charge in [-0.15, -0.1) is 0 Å². The highest BCUT2D eigenvalue weighted by Gasteiger charge is 2.39. The quantitative estimate of drug-likeness (QED) is 0.905. The molecule has 1 fully saturated rings. The van der Waals surface area contributed by atoms with Gasteiger partial charge in [-0.3, -0.25) is 9.59 Å². The fraction of sp³-hybridized carbons (Fsp3) is 0.529. The summed E-state index contributed by atoms with van der Waals surface area (Å²) in [6.07, 6.45) is 2.14. The van der Waals surface area contributed by atoms with Crippen LogP contribution in [0.25, 0.3) is 0 Å². The molecule has 0 saturated carbocycles. The van der Waals surface area contributed by atoms with Gasteiger partial charge in [0.25, 0.3) is 0 Å². The van der Waals surface area contributed by atoms with Gasteiger partial charge in [-0.05, 0) is 24.8 Å². The van der Waals surface area contributed by atoms with E-state index in [1.165, 1.54) is 0 Å². The highest BCUT2D eigenvalue weighted by Crippen LogP contribution is 2.27. The van der Waals surface area contributed by atoms with Crippen molar-refractivity contribution in [3.05, 3.63) is 35.9 Å². The van der Waals surface area contributed by atoms with Crippen molar-refractivity contribution in [2.75, 3.05) is 6.54 Å². The Hall–Kier alpha value is -1.84. The van der Waals surface area contributed by atoms with Gasteiger partial charge in [-0.1, -0.05) is 50.6 Å². The van der Waals surface area contributed by atoms with Crippen molar-refractivity contribution in [3.8, 4) is 0 Å². The Kier molecular flexibility index (Phi) is 4.99. The maximum Gasteiger partial charge on any atom is 0.248 e. The summed E-state index contributed by atoms with van der Waals surface area (Å²) in [5.74, 6) is 0.312. The van der Waals surface area contributed by atoms with E-state index >= 15 is 0 Å². The number of carbonyl (C=O) groups is 2. The van der Waals surface area contributed by atoms with Crippen LogP contribution in [0.2, 0.25) is 0 Å². The summed E-state index contributed by atoms with van der Waals surface area (Å²) in [5, 5.41) is 2.78. The van der Waals surface area contributed by atoms with Crippen molar-refractivity contribution >= 4 is 11.8 Å². The third-order valence-corrected chi connectivity index (χ3v) is 3.98. The maximum atomic E-state index is 12.5. The lowest BCUT2D eigenvalue weighted by atomic mass is 9.97. The number of hydrogen-bond acceptors (Lipinski definition) is 2. The molecule has 21 heavy (non-hydrogen) atoms. The van der Waals surface area contributed by atoms with E-state index in [1.54, 1.807) is 11.8 Å². The van der Waals surface area contributed by atoms with E-state index in [0.717, 1.165) is 18.4 Å². The second kappa shape index (κ2) is 6.74. The molecule has 0 bridgehead atoms. The molecule has 0 spiro atoms. The third kappa shape index (κ3) is 3.43. The summed E-state index contributed by atoms with van der Waals surface area (Å²) in [6, 6.07) is 8.59. The monoisotopic (exact) mass is 288 g/mol. The molecule has 1 aromatic carbocycles. The second-order valence-corrected chi connectivity index (χ2v) is 5.93. The van der Waals surface area contributed by atoms with Crippen LogP contribution in [0.5, 0.6) is 0 Å². The minimum atomic E-state index is -0.505. The van der Waals surface area contributed by atoms with Crippen LogP contribution in [-0.2, 0) is 9.59 Å². The molecule has 0 radical (unpaired) electrons. The highest BCUT2D eigenvalue weighted by molar-refractivity contribution is 5.97. The molecule has 1 N–H and O–H groups in total. The number of rotatable bonds is 5. The van der Waals surface area contributed by atoms with Gasteiger partial charge >= 0.3 is 0 Å². The molecule has 0 aliphatic carbocycles. The molecule has 1 heterocycles. The molecule has 4 nitrogen and oxygen atoms in total. The molecule has 1 saturated heterocycles. The fourth-order valence-corrected chi connectivity index (χ4v) is 2.95. The Morgan fingerprint density at radius 2 is 1.90 bits per heavy atom. The molecule has 3 atom stereocenters. The zero-order valence-corrected chi connectivity index (χ0v) is 13.0. The van der Waals surface area contributed by atoms with E-state index in [2.05, 4.69) is 19.2 Å². The van der Waals surface area contributed by atoms with Crippen molar-refractivity contribution in [1.29, 1.82) is 0 Å². The van der Waals surface area contributed by atoms with E-state index in [9.17, 15) is 9.59 Å². The molecule has 0 aromatic heterocycles. The second-order valence-electron chi connectivity index (χ2n) is 5.93. The number of hydrogen-bond donors (Lipinski definition) is 1. The van der Waals surface area contributed by atoms with Crippen LogP contribution in [0.4, 0.5) is 0 Å².